The number of rotatable bonds is 4. The van der Waals surface area contributed by atoms with Crippen LogP contribution in [-0.2, 0) is 0 Å². The average molecular weight is 295 g/mol. The molecule has 0 radical (unpaired) electrons. The molecule has 19 heavy (non-hydrogen) atoms. The second-order valence-electron chi connectivity index (χ2n) is 4.32. The summed E-state index contributed by atoms with van der Waals surface area (Å²) in [6.45, 7) is 4.62. The Balaban J connectivity index is 2.28. The van der Waals surface area contributed by atoms with E-state index in [-0.39, 0.29) is 5.38 Å². The van der Waals surface area contributed by atoms with Crippen LogP contribution in [0.3, 0.4) is 0 Å². The van der Waals surface area contributed by atoms with Crippen LogP contribution in [0.15, 0.2) is 42.5 Å². The van der Waals surface area contributed by atoms with E-state index in [1.54, 1.807) is 0 Å². The number of hydrogen-bond acceptors (Lipinski definition) is 1. The molecule has 1 unspecified atom stereocenters. The predicted octanol–water partition coefficient (Wildman–Crippen LogP) is 5.38. The summed E-state index contributed by atoms with van der Waals surface area (Å²) in [6.07, 6.45) is 0. The van der Waals surface area contributed by atoms with Crippen molar-refractivity contribution in [3.63, 3.8) is 0 Å². The van der Waals surface area contributed by atoms with Crippen LogP contribution in [0.4, 0.5) is 0 Å². The first-order chi connectivity index (χ1) is 9.13. The lowest BCUT2D eigenvalue weighted by molar-refractivity contribution is 0.340. The third kappa shape index (κ3) is 3.23. The summed E-state index contributed by atoms with van der Waals surface area (Å²) in [5, 5.41) is 0.545. The summed E-state index contributed by atoms with van der Waals surface area (Å²) in [4.78, 5) is 0. The molecule has 0 N–H and O–H groups in total. The predicted molar refractivity (Wildman–Crippen MR) is 81.5 cm³/mol. The Kier molecular flexibility index (Phi) is 4.73. The fourth-order valence-corrected chi connectivity index (χ4v) is 2.54. The third-order valence-corrected chi connectivity index (χ3v) is 3.96. The van der Waals surface area contributed by atoms with E-state index >= 15 is 0 Å². The first-order valence-corrected chi connectivity index (χ1v) is 7.06. The zero-order valence-corrected chi connectivity index (χ0v) is 12.5. The van der Waals surface area contributed by atoms with E-state index in [1.807, 2.05) is 56.3 Å². The summed E-state index contributed by atoms with van der Waals surface area (Å²) < 4.78 is 5.42. The molecule has 0 aromatic heterocycles. The second-order valence-corrected chi connectivity index (χ2v) is 5.16. The van der Waals surface area contributed by atoms with Crippen LogP contribution >= 0.6 is 23.2 Å². The Morgan fingerprint density at radius 2 is 1.79 bits per heavy atom. The van der Waals surface area contributed by atoms with Gasteiger partial charge in [0.2, 0.25) is 0 Å². The van der Waals surface area contributed by atoms with Gasteiger partial charge in [-0.2, -0.15) is 0 Å². The zero-order valence-electron chi connectivity index (χ0n) is 11.0. The highest BCUT2D eigenvalue weighted by molar-refractivity contribution is 6.31. The van der Waals surface area contributed by atoms with Crippen LogP contribution in [0.1, 0.15) is 29.0 Å². The van der Waals surface area contributed by atoms with E-state index < -0.39 is 0 Å². The highest BCUT2D eigenvalue weighted by Gasteiger charge is 2.14. The van der Waals surface area contributed by atoms with E-state index in [1.165, 1.54) is 0 Å². The topological polar surface area (TPSA) is 9.23 Å². The van der Waals surface area contributed by atoms with E-state index in [2.05, 4.69) is 0 Å². The molecule has 100 valence electrons. The first kappa shape index (κ1) is 14.2. The molecular weight excluding hydrogens is 279 g/mol. The van der Waals surface area contributed by atoms with E-state index in [0.717, 1.165) is 27.5 Å². The second kappa shape index (κ2) is 6.31. The fraction of sp³-hybridized carbons (Fsp3) is 0.250. The molecule has 0 fully saturated rings. The van der Waals surface area contributed by atoms with Crippen molar-refractivity contribution in [3.8, 4) is 5.75 Å². The van der Waals surface area contributed by atoms with Crippen molar-refractivity contribution in [1.29, 1.82) is 0 Å². The van der Waals surface area contributed by atoms with Gasteiger partial charge in [0.25, 0.3) is 0 Å². The van der Waals surface area contributed by atoms with Crippen molar-refractivity contribution in [1.82, 2.24) is 0 Å². The fourth-order valence-electron chi connectivity index (χ4n) is 1.98. The van der Waals surface area contributed by atoms with Gasteiger partial charge in [-0.15, -0.1) is 11.6 Å². The van der Waals surface area contributed by atoms with Crippen LogP contribution in [0.5, 0.6) is 5.75 Å². The van der Waals surface area contributed by atoms with Crippen molar-refractivity contribution in [2.24, 2.45) is 0 Å². The summed E-state index contributed by atoms with van der Waals surface area (Å²) in [5.74, 6) is 0.859. The summed E-state index contributed by atoms with van der Waals surface area (Å²) in [5.41, 5.74) is 3.10. The third-order valence-electron chi connectivity index (χ3n) is 3.07. The van der Waals surface area contributed by atoms with Gasteiger partial charge in [-0.05, 0) is 48.7 Å². The van der Waals surface area contributed by atoms with Crippen molar-refractivity contribution in [2.45, 2.75) is 19.2 Å². The monoisotopic (exact) mass is 294 g/mol. The minimum atomic E-state index is -0.200. The summed E-state index contributed by atoms with van der Waals surface area (Å²) >= 11 is 12.7. The average Bonchev–Trinajstić information content (AvgIpc) is 2.42. The van der Waals surface area contributed by atoms with Crippen LogP contribution in [0.2, 0.25) is 5.02 Å². The van der Waals surface area contributed by atoms with Gasteiger partial charge in [0.1, 0.15) is 5.75 Å². The van der Waals surface area contributed by atoms with Crippen molar-refractivity contribution < 1.29 is 4.74 Å². The van der Waals surface area contributed by atoms with Crippen LogP contribution in [0.25, 0.3) is 0 Å². The molecule has 0 aliphatic carbocycles. The molecule has 0 amide bonds. The molecule has 1 atom stereocenters. The lowest BCUT2D eigenvalue weighted by Crippen LogP contribution is -1.97. The van der Waals surface area contributed by atoms with Gasteiger partial charge >= 0.3 is 0 Å². The van der Waals surface area contributed by atoms with Crippen molar-refractivity contribution in [3.05, 3.63) is 64.2 Å². The van der Waals surface area contributed by atoms with Gasteiger partial charge in [-0.1, -0.05) is 35.9 Å². The molecular formula is C16H16Cl2O. The van der Waals surface area contributed by atoms with Crippen LogP contribution in [0, 0.1) is 6.92 Å². The number of hydrogen-bond donors (Lipinski definition) is 0. The Morgan fingerprint density at radius 1 is 1.11 bits per heavy atom. The molecule has 0 saturated heterocycles. The molecule has 2 aromatic rings. The maximum absolute atomic E-state index is 6.54. The van der Waals surface area contributed by atoms with Gasteiger partial charge < -0.3 is 4.74 Å². The molecule has 2 aromatic carbocycles. The zero-order chi connectivity index (χ0) is 13.8. The number of alkyl halides is 1. The Hall–Kier alpha value is -1.18. The van der Waals surface area contributed by atoms with Gasteiger partial charge in [0.05, 0.1) is 12.0 Å². The lowest BCUT2D eigenvalue weighted by Gasteiger charge is -2.14. The number of benzene rings is 2. The van der Waals surface area contributed by atoms with Gasteiger partial charge in [0.15, 0.2) is 0 Å². The maximum atomic E-state index is 6.54. The molecule has 0 aliphatic heterocycles. The normalized spacial score (nSPS) is 12.2. The molecule has 3 heteroatoms. The maximum Gasteiger partial charge on any atom is 0.119 e. The minimum Gasteiger partial charge on any atom is -0.494 e. The van der Waals surface area contributed by atoms with Gasteiger partial charge in [0, 0.05) is 5.02 Å². The van der Waals surface area contributed by atoms with E-state index in [4.69, 9.17) is 27.9 Å². The van der Waals surface area contributed by atoms with Crippen molar-refractivity contribution in [2.75, 3.05) is 6.61 Å². The van der Waals surface area contributed by atoms with Crippen LogP contribution in [-0.4, -0.2) is 6.61 Å². The molecule has 0 spiro atoms. The molecule has 1 nitrogen and oxygen atoms in total. The molecule has 0 heterocycles. The molecule has 0 saturated carbocycles. The Bertz CT molecular complexity index is 549. The quantitative estimate of drug-likeness (QED) is 0.688. The largest absolute Gasteiger partial charge is 0.494 e. The van der Waals surface area contributed by atoms with Gasteiger partial charge in [-0.3, -0.25) is 0 Å². The SMILES string of the molecule is CCOc1ccc(C(Cl)c2cccc(Cl)c2C)cc1. The van der Waals surface area contributed by atoms with E-state index in [9.17, 15) is 0 Å². The Morgan fingerprint density at radius 3 is 2.42 bits per heavy atom. The molecule has 0 aliphatic rings. The highest BCUT2D eigenvalue weighted by atomic mass is 35.5. The standard InChI is InChI=1S/C16H16Cl2O/c1-3-19-13-9-7-12(8-10-13)16(18)14-5-4-6-15(17)11(14)2/h4-10,16H,3H2,1-2H3. The summed E-state index contributed by atoms with van der Waals surface area (Å²) in [7, 11) is 0. The number of ether oxygens (including phenoxy) is 1. The summed E-state index contributed by atoms with van der Waals surface area (Å²) in [6, 6.07) is 13.7. The molecule has 2 rings (SSSR count). The Labute approximate surface area is 124 Å². The highest BCUT2D eigenvalue weighted by Crippen LogP contribution is 2.34. The van der Waals surface area contributed by atoms with Crippen molar-refractivity contribution >= 4 is 23.2 Å². The minimum absolute atomic E-state index is 0.200. The first-order valence-electron chi connectivity index (χ1n) is 6.25. The lowest BCUT2D eigenvalue weighted by atomic mass is 10.00. The van der Waals surface area contributed by atoms with Gasteiger partial charge in [-0.25, -0.2) is 0 Å². The number of halogens is 2. The van der Waals surface area contributed by atoms with E-state index in [0.29, 0.717) is 6.61 Å². The van der Waals surface area contributed by atoms with Crippen LogP contribution < -0.4 is 4.74 Å². The molecule has 0 bridgehead atoms. The smallest absolute Gasteiger partial charge is 0.119 e.